The lowest BCUT2D eigenvalue weighted by atomic mass is 9.95. The van der Waals surface area contributed by atoms with Crippen LogP contribution in [0.2, 0.25) is 0 Å². The van der Waals surface area contributed by atoms with Gasteiger partial charge < -0.3 is 24.3 Å². The van der Waals surface area contributed by atoms with Crippen LogP contribution in [0.3, 0.4) is 0 Å². The Morgan fingerprint density at radius 1 is 1.07 bits per heavy atom. The Morgan fingerprint density at radius 3 is 2.50 bits per heavy atom. The Bertz CT molecular complexity index is 805. The van der Waals surface area contributed by atoms with E-state index in [1.165, 1.54) is 0 Å². The lowest BCUT2D eigenvalue weighted by Gasteiger charge is -2.24. The number of nitrogens with one attached hydrogen (secondary N) is 1. The van der Waals surface area contributed by atoms with E-state index in [4.69, 9.17) is 18.9 Å². The third-order valence-corrected chi connectivity index (χ3v) is 4.54. The summed E-state index contributed by atoms with van der Waals surface area (Å²) in [5, 5.41) is 3.06. The summed E-state index contributed by atoms with van der Waals surface area (Å²) in [5.41, 5.74) is 0.977. The van der Waals surface area contributed by atoms with Crippen LogP contribution in [0.15, 0.2) is 42.5 Å². The Labute approximate surface area is 165 Å². The second-order valence-corrected chi connectivity index (χ2v) is 6.99. The molecule has 6 nitrogen and oxygen atoms in total. The maximum Gasteiger partial charge on any atom is 0.258 e. The van der Waals surface area contributed by atoms with Gasteiger partial charge in [0.25, 0.3) is 5.91 Å². The Balaban J connectivity index is 1.67. The van der Waals surface area contributed by atoms with E-state index in [-0.39, 0.29) is 24.5 Å². The van der Waals surface area contributed by atoms with Crippen LogP contribution in [0.25, 0.3) is 0 Å². The zero-order valence-electron chi connectivity index (χ0n) is 16.6. The molecule has 1 atom stereocenters. The molecule has 0 aromatic heterocycles. The zero-order chi connectivity index (χ0) is 19.9. The van der Waals surface area contributed by atoms with Crippen molar-refractivity contribution in [1.82, 2.24) is 5.32 Å². The van der Waals surface area contributed by atoms with E-state index >= 15 is 0 Å². The molecule has 150 valence electrons. The van der Waals surface area contributed by atoms with Gasteiger partial charge in [-0.25, -0.2) is 0 Å². The zero-order valence-corrected chi connectivity index (χ0v) is 16.6. The van der Waals surface area contributed by atoms with E-state index in [0.717, 1.165) is 23.5 Å². The number of hydrogen-bond donors (Lipinski definition) is 1. The fourth-order valence-corrected chi connectivity index (χ4v) is 3.10. The molecule has 0 bridgehead atoms. The standard InChI is InChI=1S/C22H27NO5/c1-15(2)22(16-9-10-19-20(13-16)27-12-6-11-26-19)23-21(24)14-28-18-8-5-4-7-17(18)25-3/h4-5,7-10,13,15,22H,6,11-12,14H2,1-3H3,(H,23,24)/t22-/m0/s1. The number of rotatable bonds is 7. The highest BCUT2D eigenvalue weighted by atomic mass is 16.5. The van der Waals surface area contributed by atoms with Crippen molar-refractivity contribution in [2.24, 2.45) is 5.92 Å². The minimum Gasteiger partial charge on any atom is -0.493 e. The molecule has 0 fully saturated rings. The summed E-state index contributed by atoms with van der Waals surface area (Å²) in [6.07, 6.45) is 0.856. The first-order chi connectivity index (χ1) is 13.6. The fraction of sp³-hybridized carbons (Fsp3) is 0.409. The number of para-hydroxylation sites is 2. The van der Waals surface area contributed by atoms with Crippen molar-refractivity contribution >= 4 is 5.91 Å². The highest BCUT2D eigenvalue weighted by molar-refractivity contribution is 5.78. The second-order valence-electron chi connectivity index (χ2n) is 6.99. The van der Waals surface area contributed by atoms with Gasteiger partial charge in [0.1, 0.15) is 0 Å². The van der Waals surface area contributed by atoms with Crippen molar-refractivity contribution in [1.29, 1.82) is 0 Å². The number of hydrogen-bond acceptors (Lipinski definition) is 5. The second kappa shape index (κ2) is 9.35. The third kappa shape index (κ3) is 4.88. The summed E-state index contributed by atoms with van der Waals surface area (Å²) in [4.78, 5) is 12.5. The largest absolute Gasteiger partial charge is 0.493 e. The maximum atomic E-state index is 12.5. The highest BCUT2D eigenvalue weighted by Crippen LogP contribution is 2.34. The van der Waals surface area contributed by atoms with Gasteiger partial charge in [-0.05, 0) is 35.7 Å². The van der Waals surface area contributed by atoms with Gasteiger partial charge in [-0.1, -0.05) is 32.0 Å². The van der Waals surface area contributed by atoms with Gasteiger partial charge in [0, 0.05) is 6.42 Å². The molecule has 2 aromatic rings. The summed E-state index contributed by atoms with van der Waals surface area (Å²) in [5.74, 6) is 2.60. The first-order valence-electron chi connectivity index (χ1n) is 9.53. The van der Waals surface area contributed by atoms with Crippen LogP contribution < -0.4 is 24.3 Å². The molecule has 0 radical (unpaired) electrons. The number of methoxy groups -OCH3 is 1. The fourth-order valence-electron chi connectivity index (χ4n) is 3.10. The molecule has 0 spiro atoms. The predicted octanol–water partition coefficient (Wildman–Crippen LogP) is 3.75. The van der Waals surface area contributed by atoms with Gasteiger partial charge >= 0.3 is 0 Å². The van der Waals surface area contributed by atoms with Crippen molar-refractivity contribution in [3.8, 4) is 23.0 Å². The first kappa shape index (κ1) is 19.9. The van der Waals surface area contributed by atoms with E-state index < -0.39 is 0 Å². The Kier molecular flexibility index (Phi) is 6.63. The molecule has 1 aliphatic rings. The predicted molar refractivity (Wildman–Crippen MR) is 106 cm³/mol. The minimum atomic E-state index is -0.197. The van der Waals surface area contributed by atoms with Crippen LogP contribution >= 0.6 is 0 Å². The Hall–Kier alpha value is -2.89. The summed E-state index contributed by atoms with van der Waals surface area (Å²) >= 11 is 0. The molecule has 28 heavy (non-hydrogen) atoms. The molecule has 1 amide bonds. The molecule has 0 aliphatic carbocycles. The molecule has 1 heterocycles. The normalized spacial score (nSPS) is 14.1. The molecule has 0 unspecified atom stereocenters. The number of carbonyl (C=O) groups is 1. The lowest BCUT2D eigenvalue weighted by Crippen LogP contribution is -2.35. The van der Waals surface area contributed by atoms with Gasteiger partial charge in [0.05, 0.1) is 26.4 Å². The van der Waals surface area contributed by atoms with Crippen molar-refractivity contribution in [2.75, 3.05) is 26.9 Å². The number of benzene rings is 2. The van der Waals surface area contributed by atoms with Crippen LogP contribution in [0.4, 0.5) is 0 Å². The average Bonchev–Trinajstić information content (AvgIpc) is 2.95. The molecule has 0 saturated heterocycles. The smallest absolute Gasteiger partial charge is 0.258 e. The van der Waals surface area contributed by atoms with E-state index in [2.05, 4.69) is 19.2 Å². The summed E-state index contributed by atoms with van der Waals surface area (Å²) in [7, 11) is 1.57. The van der Waals surface area contributed by atoms with Gasteiger partial charge in [0.2, 0.25) is 0 Å². The van der Waals surface area contributed by atoms with Gasteiger partial charge in [-0.3, -0.25) is 4.79 Å². The molecule has 2 aromatic carbocycles. The van der Waals surface area contributed by atoms with Crippen molar-refractivity contribution in [3.05, 3.63) is 48.0 Å². The number of carbonyl (C=O) groups excluding carboxylic acids is 1. The van der Waals surface area contributed by atoms with Crippen LogP contribution in [-0.2, 0) is 4.79 Å². The molecule has 6 heteroatoms. The number of amides is 1. The van der Waals surface area contributed by atoms with Gasteiger partial charge in [0.15, 0.2) is 29.6 Å². The first-order valence-corrected chi connectivity index (χ1v) is 9.53. The molecule has 0 saturated carbocycles. The Morgan fingerprint density at radius 2 is 1.79 bits per heavy atom. The quantitative estimate of drug-likeness (QED) is 0.786. The average molecular weight is 385 g/mol. The topological polar surface area (TPSA) is 66.0 Å². The third-order valence-electron chi connectivity index (χ3n) is 4.54. The molecule has 1 aliphatic heterocycles. The van der Waals surface area contributed by atoms with Crippen LogP contribution in [-0.4, -0.2) is 32.8 Å². The van der Waals surface area contributed by atoms with E-state index in [9.17, 15) is 4.79 Å². The molecular formula is C22H27NO5. The molecular weight excluding hydrogens is 358 g/mol. The van der Waals surface area contributed by atoms with Crippen LogP contribution in [0.5, 0.6) is 23.0 Å². The van der Waals surface area contributed by atoms with Gasteiger partial charge in [-0.2, -0.15) is 0 Å². The minimum absolute atomic E-state index is 0.0891. The monoisotopic (exact) mass is 385 g/mol. The maximum absolute atomic E-state index is 12.5. The lowest BCUT2D eigenvalue weighted by molar-refractivity contribution is -0.124. The summed E-state index contributed by atoms with van der Waals surface area (Å²) in [6, 6.07) is 12.9. The van der Waals surface area contributed by atoms with E-state index in [0.29, 0.717) is 24.7 Å². The molecule has 3 rings (SSSR count). The summed E-state index contributed by atoms with van der Waals surface area (Å²) < 4.78 is 22.3. The van der Waals surface area contributed by atoms with Crippen LogP contribution in [0.1, 0.15) is 31.9 Å². The van der Waals surface area contributed by atoms with Crippen LogP contribution in [0, 0.1) is 5.92 Å². The van der Waals surface area contributed by atoms with Gasteiger partial charge in [-0.15, -0.1) is 0 Å². The molecule has 1 N–H and O–H groups in total. The van der Waals surface area contributed by atoms with E-state index in [1.807, 2.05) is 30.3 Å². The number of ether oxygens (including phenoxy) is 4. The highest BCUT2D eigenvalue weighted by Gasteiger charge is 2.21. The van der Waals surface area contributed by atoms with Crippen molar-refractivity contribution < 1.29 is 23.7 Å². The SMILES string of the molecule is COc1ccccc1OCC(=O)N[C@H](c1ccc2c(c1)OCCCO2)C(C)C. The number of fused-ring (bicyclic) bond motifs is 1. The van der Waals surface area contributed by atoms with E-state index in [1.54, 1.807) is 19.2 Å². The summed E-state index contributed by atoms with van der Waals surface area (Å²) in [6.45, 7) is 5.32. The van der Waals surface area contributed by atoms with Crippen molar-refractivity contribution in [2.45, 2.75) is 26.3 Å². The van der Waals surface area contributed by atoms with Crippen molar-refractivity contribution in [3.63, 3.8) is 0 Å².